The summed E-state index contributed by atoms with van der Waals surface area (Å²) in [6, 6.07) is 9.08. The third-order valence-corrected chi connectivity index (χ3v) is 3.46. The molecule has 0 spiro atoms. The number of hydrogen-bond donors (Lipinski definition) is 2. The highest BCUT2D eigenvalue weighted by Crippen LogP contribution is 2.27. The Kier molecular flexibility index (Phi) is 4.30. The highest BCUT2D eigenvalue weighted by molar-refractivity contribution is 6.42. The normalized spacial score (nSPS) is 11.9. The Hall–Kier alpha value is -1.71. The molecule has 98 valence electrons. The van der Waals surface area contributed by atoms with Gasteiger partial charge in [0.05, 0.1) is 21.4 Å². The quantitative estimate of drug-likeness (QED) is 0.912. The molecule has 0 aliphatic carbocycles. The lowest BCUT2D eigenvalue weighted by molar-refractivity contribution is 1.12. The van der Waals surface area contributed by atoms with Crippen molar-refractivity contribution < 1.29 is 0 Å². The highest BCUT2D eigenvalue weighted by atomic mass is 35.5. The van der Waals surface area contributed by atoms with Crippen molar-refractivity contribution in [3.05, 3.63) is 63.9 Å². The molecular weight excluding hydrogens is 281 g/mol. The average molecular weight is 294 g/mol. The average Bonchev–Trinajstić information content (AvgIpc) is 2.44. The maximum absolute atomic E-state index is 6.20. The molecule has 1 heterocycles. The summed E-state index contributed by atoms with van der Waals surface area (Å²) >= 11 is 11.9. The molecule has 0 bridgehead atoms. The highest BCUT2D eigenvalue weighted by Gasteiger charge is 2.08. The Labute approximate surface area is 122 Å². The van der Waals surface area contributed by atoms with Gasteiger partial charge in [0.1, 0.15) is 0 Å². The summed E-state index contributed by atoms with van der Waals surface area (Å²) in [5, 5.41) is 4.09. The van der Waals surface area contributed by atoms with Crippen molar-refractivity contribution in [2.45, 2.75) is 0 Å². The fourth-order valence-corrected chi connectivity index (χ4v) is 2.06. The van der Waals surface area contributed by atoms with E-state index in [1.807, 2.05) is 25.2 Å². The minimum atomic E-state index is 0.479. The predicted octanol–water partition coefficient (Wildman–Crippen LogP) is 3.39. The molecule has 0 atom stereocenters. The van der Waals surface area contributed by atoms with Gasteiger partial charge in [-0.25, -0.2) is 0 Å². The molecule has 0 aliphatic rings. The van der Waals surface area contributed by atoms with Crippen LogP contribution in [-0.2, 0) is 0 Å². The van der Waals surface area contributed by atoms with E-state index >= 15 is 0 Å². The molecule has 1 aromatic carbocycles. The van der Waals surface area contributed by atoms with Crippen LogP contribution in [0.25, 0.3) is 11.4 Å². The Balaban J connectivity index is 2.51. The first kappa shape index (κ1) is 13.7. The molecule has 0 radical (unpaired) electrons. The van der Waals surface area contributed by atoms with E-state index in [0.717, 1.165) is 16.8 Å². The first-order valence-electron chi connectivity index (χ1n) is 5.67. The number of rotatable bonds is 3. The van der Waals surface area contributed by atoms with Gasteiger partial charge in [-0.2, -0.15) is 0 Å². The van der Waals surface area contributed by atoms with Gasteiger partial charge in [0.15, 0.2) is 0 Å². The summed E-state index contributed by atoms with van der Waals surface area (Å²) in [5.74, 6) is 0. The van der Waals surface area contributed by atoms with Gasteiger partial charge in [0.2, 0.25) is 0 Å². The lowest BCUT2D eigenvalue weighted by Gasteiger charge is -2.12. The largest absolute Gasteiger partial charge is 0.397 e. The molecule has 5 heteroatoms. The smallest absolute Gasteiger partial charge is 0.0652 e. The zero-order valence-corrected chi connectivity index (χ0v) is 11.8. The zero-order valence-electron chi connectivity index (χ0n) is 10.3. The van der Waals surface area contributed by atoms with Crippen LogP contribution < -0.4 is 11.1 Å². The van der Waals surface area contributed by atoms with E-state index in [1.165, 1.54) is 0 Å². The topological polar surface area (TPSA) is 50.9 Å². The number of pyridine rings is 1. The Morgan fingerprint density at radius 3 is 2.32 bits per heavy atom. The summed E-state index contributed by atoms with van der Waals surface area (Å²) < 4.78 is 0. The van der Waals surface area contributed by atoms with Crippen molar-refractivity contribution in [3.8, 4) is 0 Å². The number of halogens is 2. The van der Waals surface area contributed by atoms with Gasteiger partial charge >= 0.3 is 0 Å². The monoisotopic (exact) mass is 293 g/mol. The number of benzene rings is 1. The van der Waals surface area contributed by atoms with E-state index in [4.69, 9.17) is 28.9 Å². The molecule has 19 heavy (non-hydrogen) atoms. The van der Waals surface area contributed by atoms with Crippen LogP contribution in [0.2, 0.25) is 10.0 Å². The summed E-state index contributed by atoms with van der Waals surface area (Å²) in [4.78, 5) is 3.99. The van der Waals surface area contributed by atoms with Gasteiger partial charge in [-0.15, -0.1) is 0 Å². The summed E-state index contributed by atoms with van der Waals surface area (Å²) in [6.45, 7) is 0. The van der Waals surface area contributed by atoms with Crippen LogP contribution in [0.5, 0.6) is 0 Å². The fourth-order valence-electron chi connectivity index (χ4n) is 1.76. The number of nitrogens with one attached hydrogen (secondary N) is 1. The number of aromatic nitrogens is 1. The molecule has 0 saturated heterocycles. The van der Waals surface area contributed by atoms with Crippen LogP contribution in [0.3, 0.4) is 0 Å². The molecule has 0 amide bonds. The van der Waals surface area contributed by atoms with Gasteiger partial charge in [0.25, 0.3) is 0 Å². The molecule has 2 aromatic rings. The Morgan fingerprint density at radius 1 is 1.05 bits per heavy atom. The first-order valence-corrected chi connectivity index (χ1v) is 6.42. The molecule has 1 aromatic heterocycles. The van der Waals surface area contributed by atoms with Crippen LogP contribution in [0.4, 0.5) is 0 Å². The van der Waals surface area contributed by atoms with Crippen molar-refractivity contribution in [1.29, 1.82) is 0 Å². The van der Waals surface area contributed by atoms with Gasteiger partial charge in [0, 0.05) is 30.6 Å². The molecule has 0 saturated carbocycles. The molecule has 0 unspecified atom stereocenters. The minimum Gasteiger partial charge on any atom is -0.397 e. The summed E-state index contributed by atoms with van der Waals surface area (Å²) in [7, 11) is 1.82. The van der Waals surface area contributed by atoms with Crippen LogP contribution >= 0.6 is 23.2 Å². The second kappa shape index (κ2) is 5.95. The maximum atomic E-state index is 6.20. The van der Waals surface area contributed by atoms with E-state index in [1.54, 1.807) is 24.5 Å². The molecule has 3 nitrogen and oxygen atoms in total. The van der Waals surface area contributed by atoms with Gasteiger partial charge in [-0.3, -0.25) is 4.98 Å². The molecule has 0 fully saturated rings. The third kappa shape index (κ3) is 3.00. The zero-order chi connectivity index (χ0) is 13.8. The second-order valence-electron chi connectivity index (χ2n) is 3.90. The minimum absolute atomic E-state index is 0.479. The Morgan fingerprint density at radius 2 is 1.74 bits per heavy atom. The van der Waals surface area contributed by atoms with E-state index in [9.17, 15) is 0 Å². The molecular formula is C14H13Cl2N3. The SMILES string of the molecule is CN/C(=C(\N)c1ccc(Cl)c(Cl)c1)c1ccncc1. The number of nitrogens with two attached hydrogens (primary N) is 1. The summed E-state index contributed by atoms with van der Waals surface area (Å²) in [6.07, 6.45) is 3.43. The van der Waals surface area contributed by atoms with Crippen molar-refractivity contribution in [1.82, 2.24) is 10.3 Å². The standard InChI is InChI=1S/C14H13Cl2N3/c1-18-14(9-4-6-19-7-5-9)13(17)10-2-3-11(15)12(16)8-10/h2-8,18H,17H2,1H3/b14-13-. The van der Waals surface area contributed by atoms with E-state index in [-0.39, 0.29) is 0 Å². The van der Waals surface area contributed by atoms with E-state index in [0.29, 0.717) is 15.7 Å². The second-order valence-corrected chi connectivity index (χ2v) is 4.72. The lowest BCUT2D eigenvalue weighted by atomic mass is 10.1. The number of hydrogen-bond acceptors (Lipinski definition) is 3. The van der Waals surface area contributed by atoms with Crippen LogP contribution in [0.1, 0.15) is 11.1 Å². The first-order chi connectivity index (χ1) is 9.13. The van der Waals surface area contributed by atoms with Crippen LogP contribution in [0, 0.1) is 0 Å². The fraction of sp³-hybridized carbons (Fsp3) is 0.0714. The van der Waals surface area contributed by atoms with E-state index in [2.05, 4.69) is 10.3 Å². The molecule has 3 N–H and O–H groups in total. The van der Waals surface area contributed by atoms with Gasteiger partial charge in [-0.05, 0) is 24.3 Å². The van der Waals surface area contributed by atoms with Gasteiger partial charge < -0.3 is 11.1 Å². The third-order valence-electron chi connectivity index (χ3n) is 2.72. The van der Waals surface area contributed by atoms with Crippen LogP contribution in [-0.4, -0.2) is 12.0 Å². The molecule has 0 aliphatic heterocycles. The van der Waals surface area contributed by atoms with Crippen molar-refractivity contribution in [2.75, 3.05) is 7.05 Å². The van der Waals surface area contributed by atoms with Crippen molar-refractivity contribution in [3.63, 3.8) is 0 Å². The van der Waals surface area contributed by atoms with Crippen molar-refractivity contribution in [2.24, 2.45) is 5.73 Å². The maximum Gasteiger partial charge on any atom is 0.0652 e. The van der Waals surface area contributed by atoms with E-state index < -0.39 is 0 Å². The van der Waals surface area contributed by atoms with Gasteiger partial charge in [-0.1, -0.05) is 29.3 Å². The van der Waals surface area contributed by atoms with Crippen LogP contribution in [0.15, 0.2) is 42.7 Å². The number of nitrogens with zero attached hydrogens (tertiary/aromatic N) is 1. The van der Waals surface area contributed by atoms with Crippen molar-refractivity contribution >= 4 is 34.6 Å². The lowest BCUT2D eigenvalue weighted by Crippen LogP contribution is -2.12. The Bertz CT molecular complexity index is 609. The summed E-state index contributed by atoms with van der Waals surface area (Å²) in [5.41, 5.74) is 9.39. The molecule has 2 rings (SSSR count). The predicted molar refractivity (Wildman–Crippen MR) is 80.8 cm³/mol.